The summed E-state index contributed by atoms with van der Waals surface area (Å²) in [6, 6.07) is 6.25. The molecule has 26 heavy (non-hydrogen) atoms. The number of alkyl halides is 3. The van der Waals surface area contributed by atoms with Gasteiger partial charge in [0.1, 0.15) is 17.5 Å². The van der Waals surface area contributed by atoms with E-state index < -0.39 is 29.9 Å². The SMILES string of the molecule is COc1cc(F)ccc1[C@H](C1NCc2cc(C(N)=O)ccc21)C(F)(F)F. The molecule has 2 aromatic rings. The summed E-state index contributed by atoms with van der Waals surface area (Å²) in [5, 5.41) is 2.84. The monoisotopic (exact) mass is 368 g/mol. The number of benzene rings is 2. The van der Waals surface area contributed by atoms with Gasteiger partial charge in [0.25, 0.3) is 0 Å². The van der Waals surface area contributed by atoms with E-state index in [4.69, 9.17) is 10.5 Å². The maximum absolute atomic E-state index is 13.9. The molecule has 0 fully saturated rings. The van der Waals surface area contributed by atoms with E-state index in [0.29, 0.717) is 11.1 Å². The van der Waals surface area contributed by atoms with Crippen LogP contribution in [0.5, 0.6) is 5.75 Å². The van der Waals surface area contributed by atoms with Crippen molar-refractivity contribution >= 4 is 5.91 Å². The number of methoxy groups -OCH3 is 1. The lowest BCUT2D eigenvalue weighted by Crippen LogP contribution is -2.32. The van der Waals surface area contributed by atoms with E-state index in [1.165, 1.54) is 25.3 Å². The molecular weight excluding hydrogens is 352 g/mol. The van der Waals surface area contributed by atoms with Crippen molar-refractivity contribution < 1.29 is 27.1 Å². The molecule has 3 rings (SSSR count). The summed E-state index contributed by atoms with van der Waals surface area (Å²) in [5.41, 5.74) is 6.28. The number of hydrogen-bond acceptors (Lipinski definition) is 3. The van der Waals surface area contributed by atoms with Gasteiger partial charge < -0.3 is 15.8 Å². The molecule has 0 radical (unpaired) electrons. The highest BCUT2D eigenvalue weighted by Crippen LogP contribution is 2.49. The average molecular weight is 368 g/mol. The van der Waals surface area contributed by atoms with Crippen LogP contribution >= 0.6 is 0 Å². The Labute approximate surface area is 146 Å². The molecule has 2 aromatic carbocycles. The van der Waals surface area contributed by atoms with Crippen LogP contribution in [0.1, 0.15) is 39.0 Å². The van der Waals surface area contributed by atoms with Crippen molar-refractivity contribution in [2.24, 2.45) is 5.73 Å². The largest absolute Gasteiger partial charge is 0.496 e. The van der Waals surface area contributed by atoms with Crippen LogP contribution in [0.4, 0.5) is 17.6 Å². The molecule has 1 aliphatic heterocycles. The summed E-state index contributed by atoms with van der Waals surface area (Å²) in [6.45, 7) is 0.164. The Hall–Kier alpha value is -2.61. The highest BCUT2D eigenvalue weighted by Gasteiger charge is 2.49. The van der Waals surface area contributed by atoms with Gasteiger partial charge in [0.05, 0.1) is 7.11 Å². The van der Waals surface area contributed by atoms with Crippen molar-refractivity contribution in [3.8, 4) is 5.75 Å². The number of fused-ring (bicyclic) bond motifs is 1. The number of hydrogen-bond donors (Lipinski definition) is 2. The van der Waals surface area contributed by atoms with Crippen molar-refractivity contribution in [1.82, 2.24) is 5.32 Å². The predicted molar refractivity (Wildman–Crippen MR) is 86.3 cm³/mol. The van der Waals surface area contributed by atoms with Crippen molar-refractivity contribution in [3.63, 3.8) is 0 Å². The Morgan fingerprint density at radius 2 is 2.00 bits per heavy atom. The molecule has 1 heterocycles. The van der Waals surface area contributed by atoms with Crippen molar-refractivity contribution in [3.05, 3.63) is 64.5 Å². The molecular formula is C18H16F4N2O2. The molecule has 0 aliphatic carbocycles. The standard InChI is InChI=1S/C18H16F4N2O2/c1-26-14-7-11(19)3-5-13(14)15(18(20,21)22)16-12-4-2-9(17(23)25)6-10(12)8-24-16/h2-7,15-16,24H,8H2,1H3,(H2,23,25)/t15-,16?/m1/s1. The van der Waals surface area contributed by atoms with Gasteiger partial charge in [-0.1, -0.05) is 12.1 Å². The lowest BCUT2D eigenvalue weighted by atomic mass is 9.86. The van der Waals surface area contributed by atoms with Gasteiger partial charge in [-0.05, 0) is 29.3 Å². The minimum Gasteiger partial charge on any atom is -0.496 e. The third-order valence-corrected chi connectivity index (χ3v) is 4.49. The molecule has 0 saturated heterocycles. The van der Waals surface area contributed by atoms with Crippen molar-refractivity contribution in [1.29, 1.82) is 0 Å². The second-order valence-electron chi connectivity index (χ2n) is 6.04. The van der Waals surface area contributed by atoms with Gasteiger partial charge in [-0.3, -0.25) is 4.79 Å². The van der Waals surface area contributed by atoms with Crippen LogP contribution in [-0.2, 0) is 6.54 Å². The van der Waals surface area contributed by atoms with Gasteiger partial charge in [-0.2, -0.15) is 13.2 Å². The van der Waals surface area contributed by atoms with Gasteiger partial charge in [0.15, 0.2) is 0 Å². The molecule has 1 amide bonds. The van der Waals surface area contributed by atoms with E-state index in [1.54, 1.807) is 0 Å². The lowest BCUT2D eigenvalue weighted by molar-refractivity contribution is -0.157. The number of rotatable bonds is 4. The highest BCUT2D eigenvalue weighted by molar-refractivity contribution is 5.93. The molecule has 0 saturated carbocycles. The molecule has 8 heteroatoms. The van der Waals surface area contributed by atoms with E-state index in [2.05, 4.69) is 5.32 Å². The summed E-state index contributed by atoms with van der Waals surface area (Å²) in [7, 11) is 1.20. The Kier molecular flexibility index (Phi) is 4.62. The van der Waals surface area contributed by atoms with Crippen LogP contribution in [0.15, 0.2) is 36.4 Å². The Balaban J connectivity index is 2.09. The van der Waals surface area contributed by atoms with E-state index in [0.717, 1.165) is 18.2 Å². The first-order valence-corrected chi connectivity index (χ1v) is 7.78. The minimum absolute atomic E-state index is 0.161. The van der Waals surface area contributed by atoms with Crippen LogP contribution in [0, 0.1) is 5.82 Å². The molecule has 2 atom stereocenters. The van der Waals surface area contributed by atoms with Gasteiger partial charge in [-0.15, -0.1) is 0 Å². The zero-order valence-electron chi connectivity index (χ0n) is 13.7. The van der Waals surface area contributed by atoms with Crippen LogP contribution in [-0.4, -0.2) is 19.2 Å². The molecule has 3 N–H and O–H groups in total. The Morgan fingerprint density at radius 3 is 2.62 bits per heavy atom. The van der Waals surface area contributed by atoms with Gasteiger partial charge in [0, 0.05) is 29.8 Å². The second kappa shape index (κ2) is 6.60. The zero-order chi connectivity index (χ0) is 19.1. The van der Waals surface area contributed by atoms with Gasteiger partial charge in [0.2, 0.25) is 5.91 Å². The van der Waals surface area contributed by atoms with Crippen LogP contribution in [0.3, 0.4) is 0 Å². The van der Waals surface area contributed by atoms with E-state index >= 15 is 0 Å². The Morgan fingerprint density at radius 1 is 1.27 bits per heavy atom. The van der Waals surface area contributed by atoms with Crippen LogP contribution < -0.4 is 15.8 Å². The molecule has 1 aliphatic rings. The topological polar surface area (TPSA) is 64.3 Å². The molecule has 0 aromatic heterocycles. The molecule has 0 spiro atoms. The summed E-state index contributed by atoms with van der Waals surface area (Å²) < 4.78 is 60.1. The predicted octanol–water partition coefficient (Wildman–Crippen LogP) is 3.42. The number of amides is 1. The maximum atomic E-state index is 13.9. The van der Waals surface area contributed by atoms with E-state index in [-0.39, 0.29) is 23.4 Å². The lowest BCUT2D eigenvalue weighted by Gasteiger charge is -2.28. The smallest absolute Gasteiger partial charge is 0.397 e. The highest BCUT2D eigenvalue weighted by atomic mass is 19.4. The molecule has 1 unspecified atom stereocenters. The fourth-order valence-corrected chi connectivity index (χ4v) is 3.33. The number of ether oxygens (including phenoxy) is 1. The number of primary amides is 1. The van der Waals surface area contributed by atoms with E-state index in [9.17, 15) is 22.4 Å². The second-order valence-corrected chi connectivity index (χ2v) is 6.04. The first kappa shape index (κ1) is 18.2. The number of carbonyl (C=O) groups excluding carboxylic acids is 1. The Bertz CT molecular complexity index is 852. The third-order valence-electron chi connectivity index (χ3n) is 4.49. The number of carbonyl (C=O) groups is 1. The third kappa shape index (κ3) is 3.24. The van der Waals surface area contributed by atoms with Gasteiger partial charge in [-0.25, -0.2) is 4.39 Å². The summed E-state index contributed by atoms with van der Waals surface area (Å²) >= 11 is 0. The minimum atomic E-state index is -4.60. The summed E-state index contributed by atoms with van der Waals surface area (Å²) in [5.74, 6) is -3.45. The normalized spacial score (nSPS) is 17.7. The first-order chi connectivity index (χ1) is 12.2. The zero-order valence-corrected chi connectivity index (χ0v) is 13.7. The number of nitrogens with two attached hydrogens (primary N) is 1. The molecule has 138 valence electrons. The first-order valence-electron chi connectivity index (χ1n) is 7.78. The number of nitrogens with one attached hydrogen (secondary N) is 1. The fourth-order valence-electron chi connectivity index (χ4n) is 3.33. The van der Waals surface area contributed by atoms with Crippen molar-refractivity contribution in [2.75, 3.05) is 7.11 Å². The van der Waals surface area contributed by atoms with Crippen molar-refractivity contribution in [2.45, 2.75) is 24.7 Å². The summed E-state index contributed by atoms with van der Waals surface area (Å²) in [6.07, 6.45) is -4.60. The summed E-state index contributed by atoms with van der Waals surface area (Å²) in [4.78, 5) is 11.3. The van der Waals surface area contributed by atoms with E-state index in [1.807, 2.05) is 0 Å². The van der Waals surface area contributed by atoms with Gasteiger partial charge >= 0.3 is 6.18 Å². The quantitative estimate of drug-likeness (QED) is 0.813. The molecule has 4 nitrogen and oxygen atoms in total. The fraction of sp³-hybridized carbons (Fsp3) is 0.278. The molecule has 0 bridgehead atoms. The average Bonchev–Trinajstić information content (AvgIpc) is 2.98. The number of halogens is 4. The van der Waals surface area contributed by atoms with Crippen LogP contribution in [0.2, 0.25) is 0 Å². The van der Waals surface area contributed by atoms with Crippen LogP contribution in [0.25, 0.3) is 0 Å². The maximum Gasteiger partial charge on any atom is 0.397 e.